The fraction of sp³-hybridized carbons (Fsp3) is 0.538. The highest BCUT2D eigenvalue weighted by atomic mass is 32.2. The Bertz CT molecular complexity index is 541. The van der Waals surface area contributed by atoms with Crippen molar-refractivity contribution in [2.75, 3.05) is 12.0 Å². The number of halogens is 3. The molecule has 2 N–H and O–H groups in total. The molecule has 0 fully saturated rings. The second kappa shape index (κ2) is 6.58. The van der Waals surface area contributed by atoms with E-state index in [-0.39, 0.29) is 11.8 Å². The van der Waals surface area contributed by atoms with Gasteiger partial charge in [0.1, 0.15) is 9.84 Å². The zero-order chi connectivity index (χ0) is 15.4. The van der Waals surface area contributed by atoms with E-state index in [1.165, 1.54) is 6.07 Å². The lowest BCUT2D eigenvalue weighted by molar-refractivity contribution is -0.137. The Hall–Kier alpha value is -1.08. The van der Waals surface area contributed by atoms with Gasteiger partial charge >= 0.3 is 6.18 Å². The minimum absolute atomic E-state index is 0.0449. The maximum Gasteiger partial charge on any atom is 0.416 e. The number of hydrogen-bond donors (Lipinski definition) is 1. The normalized spacial score (nSPS) is 14.2. The third-order valence-electron chi connectivity index (χ3n) is 2.84. The number of benzene rings is 1. The van der Waals surface area contributed by atoms with Crippen LogP contribution in [0.1, 0.15) is 24.0 Å². The molecule has 0 bridgehead atoms. The van der Waals surface area contributed by atoms with Gasteiger partial charge < -0.3 is 5.73 Å². The van der Waals surface area contributed by atoms with Crippen LogP contribution in [0.25, 0.3) is 0 Å². The van der Waals surface area contributed by atoms with E-state index in [1.54, 1.807) is 6.07 Å². The molecule has 3 nitrogen and oxygen atoms in total. The summed E-state index contributed by atoms with van der Waals surface area (Å²) in [6.45, 7) is 0. The van der Waals surface area contributed by atoms with Gasteiger partial charge in [0.25, 0.3) is 0 Å². The summed E-state index contributed by atoms with van der Waals surface area (Å²) in [6.07, 6.45) is -2.04. The van der Waals surface area contributed by atoms with Crippen LogP contribution in [0.15, 0.2) is 24.3 Å². The Morgan fingerprint density at radius 3 is 2.50 bits per heavy atom. The summed E-state index contributed by atoms with van der Waals surface area (Å²) in [6, 6.07) is 4.68. The smallest absolute Gasteiger partial charge is 0.327 e. The average molecular weight is 309 g/mol. The van der Waals surface area contributed by atoms with Gasteiger partial charge in [0.05, 0.1) is 5.56 Å². The molecule has 0 aliphatic carbocycles. The van der Waals surface area contributed by atoms with E-state index in [0.29, 0.717) is 24.8 Å². The predicted octanol–water partition coefficient (Wildman–Crippen LogP) is 2.40. The van der Waals surface area contributed by atoms with Crippen LogP contribution >= 0.6 is 0 Å². The number of sulfone groups is 1. The molecule has 114 valence electrons. The van der Waals surface area contributed by atoms with Crippen LogP contribution in [0.3, 0.4) is 0 Å². The second-order valence-electron chi connectivity index (χ2n) is 4.93. The van der Waals surface area contributed by atoms with Crippen molar-refractivity contribution < 1.29 is 21.6 Å². The van der Waals surface area contributed by atoms with E-state index in [1.807, 2.05) is 0 Å². The van der Waals surface area contributed by atoms with Gasteiger partial charge in [0.15, 0.2) is 0 Å². The molecule has 0 saturated carbocycles. The summed E-state index contributed by atoms with van der Waals surface area (Å²) < 4.78 is 59.5. The van der Waals surface area contributed by atoms with E-state index in [2.05, 4.69) is 0 Å². The molecule has 0 spiro atoms. The molecular formula is C13H18F3NO2S. The SMILES string of the molecule is CS(=O)(=O)CCCC(N)Cc1cccc(C(F)(F)F)c1. The molecule has 0 aliphatic rings. The Morgan fingerprint density at radius 2 is 1.95 bits per heavy atom. The van der Waals surface area contributed by atoms with Gasteiger partial charge in [-0.05, 0) is 30.9 Å². The molecule has 20 heavy (non-hydrogen) atoms. The van der Waals surface area contributed by atoms with Gasteiger partial charge in [-0.3, -0.25) is 0 Å². The number of rotatable bonds is 6. The molecule has 0 aliphatic heterocycles. The van der Waals surface area contributed by atoms with E-state index >= 15 is 0 Å². The number of nitrogens with two attached hydrogens (primary N) is 1. The average Bonchev–Trinajstić information content (AvgIpc) is 2.26. The fourth-order valence-corrected chi connectivity index (χ4v) is 2.58. The fourth-order valence-electron chi connectivity index (χ4n) is 1.89. The van der Waals surface area contributed by atoms with Gasteiger partial charge in [-0.2, -0.15) is 13.2 Å². The van der Waals surface area contributed by atoms with Crippen molar-refractivity contribution in [3.8, 4) is 0 Å². The van der Waals surface area contributed by atoms with Crippen LogP contribution in [-0.2, 0) is 22.4 Å². The van der Waals surface area contributed by atoms with E-state index in [9.17, 15) is 21.6 Å². The first-order valence-electron chi connectivity index (χ1n) is 6.17. The summed E-state index contributed by atoms with van der Waals surface area (Å²) in [5.74, 6) is 0.0449. The van der Waals surface area contributed by atoms with Crippen LogP contribution in [0.5, 0.6) is 0 Å². The van der Waals surface area contributed by atoms with Crippen molar-refractivity contribution >= 4 is 9.84 Å². The van der Waals surface area contributed by atoms with Crippen molar-refractivity contribution in [1.82, 2.24) is 0 Å². The molecule has 1 aromatic carbocycles. The molecule has 7 heteroatoms. The summed E-state index contributed by atoms with van der Waals surface area (Å²) >= 11 is 0. The monoisotopic (exact) mass is 309 g/mol. The van der Waals surface area contributed by atoms with E-state index in [4.69, 9.17) is 5.73 Å². The minimum atomic E-state index is -4.36. The van der Waals surface area contributed by atoms with Crippen LogP contribution in [0.4, 0.5) is 13.2 Å². The van der Waals surface area contributed by atoms with Gasteiger partial charge in [-0.15, -0.1) is 0 Å². The molecule has 1 atom stereocenters. The van der Waals surface area contributed by atoms with E-state index < -0.39 is 21.6 Å². The maximum absolute atomic E-state index is 12.5. The largest absolute Gasteiger partial charge is 0.416 e. The quantitative estimate of drug-likeness (QED) is 0.878. The molecule has 0 aromatic heterocycles. The Morgan fingerprint density at radius 1 is 1.30 bits per heavy atom. The topological polar surface area (TPSA) is 60.2 Å². The molecule has 1 rings (SSSR count). The van der Waals surface area contributed by atoms with Crippen molar-refractivity contribution in [1.29, 1.82) is 0 Å². The van der Waals surface area contributed by atoms with Crippen LogP contribution in [-0.4, -0.2) is 26.5 Å². The van der Waals surface area contributed by atoms with Crippen molar-refractivity contribution in [2.24, 2.45) is 5.73 Å². The standard InChI is InChI=1S/C13H18F3NO2S/c1-20(18,19)7-3-6-12(17)9-10-4-2-5-11(8-10)13(14,15)16/h2,4-5,8,12H,3,6-7,9,17H2,1H3. The Labute approximate surface area is 116 Å². The molecular weight excluding hydrogens is 291 g/mol. The lowest BCUT2D eigenvalue weighted by Gasteiger charge is -2.13. The molecule has 0 heterocycles. The highest BCUT2D eigenvalue weighted by Crippen LogP contribution is 2.29. The van der Waals surface area contributed by atoms with Crippen LogP contribution < -0.4 is 5.73 Å². The van der Waals surface area contributed by atoms with Crippen LogP contribution in [0.2, 0.25) is 0 Å². The number of alkyl halides is 3. The first-order valence-corrected chi connectivity index (χ1v) is 8.23. The maximum atomic E-state index is 12.5. The molecule has 1 aromatic rings. The third-order valence-corrected chi connectivity index (χ3v) is 3.87. The Balaban J connectivity index is 2.56. The molecule has 0 saturated heterocycles. The molecule has 0 amide bonds. The van der Waals surface area contributed by atoms with Crippen molar-refractivity contribution in [2.45, 2.75) is 31.5 Å². The Kier molecular flexibility index (Phi) is 5.59. The zero-order valence-electron chi connectivity index (χ0n) is 11.2. The first kappa shape index (κ1) is 17.0. The van der Waals surface area contributed by atoms with Gasteiger partial charge in [0, 0.05) is 18.1 Å². The predicted molar refractivity (Wildman–Crippen MR) is 72.1 cm³/mol. The minimum Gasteiger partial charge on any atom is -0.327 e. The van der Waals surface area contributed by atoms with Crippen LogP contribution in [0, 0.1) is 0 Å². The first-order chi connectivity index (χ1) is 9.08. The molecule has 1 unspecified atom stereocenters. The molecule has 0 radical (unpaired) electrons. The van der Waals surface area contributed by atoms with Gasteiger partial charge in [-0.1, -0.05) is 18.2 Å². The summed E-state index contributed by atoms with van der Waals surface area (Å²) in [5, 5.41) is 0. The highest BCUT2D eigenvalue weighted by molar-refractivity contribution is 7.90. The second-order valence-corrected chi connectivity index (χ2v) is 7.19. The van der Waals surface area contributed by atoms with Gasteiger partial charge in [-0.25, -0.2) is 8.42 Å². The van der Waals surface area contributed by atoms with Gasteiger partial charge in [0.2, 0.25) is 0 Å². The van der Waals surface area contributed by atoms with Crippen molar-refractivity contribution in [3.05, 3.63) is 35.4 Å². The number of hydrogen-bond acceptors (Lipinski definition) is 3. The van der Waals surface area contributed by atoms with Crippen molar-refractivity contribution in [3.63, 3.8) is 0 Å². The summed E-state index contributed by atoms with van der Waals surface area (Å²) in [4.78, 5) is 0. The highest BCUT2D eigenvalue weighted by Gasteiger charge is 2.30. The third kappa shape index (κ3) is 6.38. The zero-order valence-corrected chi connectivity index (χ0v) is 12.0. The summed E-state index contributed by atoms with van der Waals surface area (Å²) in [5.41, 5.74) is 5.63. The summed E-state index contributed by atoms with van der Waals surface area (Å²) in [7, 11) is -3.02. The lowest BCUT2D eigenvalue weighted by atomic mass is 10.0. The lowest BCUT2D eigenvalue weighted by Crippen LogP contribution is -2.24. The van der Waals surface area contributed by atoms with E-state index in [0.717, 1.165) is 18.4 Å².